The minimum absolute atomic E-state index is 0.0432. The zero-order valence-electron chi connectivity index (χ0n) is 17.2. The molecule has 0 spiro atoms. The van der Waals surface area contributed by atoms with Crippen LogP contribution in [-0.4, -0.2) is 20.9 Å². The molecule has 2 aromatic carbocycles. The van der Waals surface area contributed by atoms with Crippen molar-refractivity contribution in [2.45, 2.75) is 46.8 Å². The Bertz CT molecular complexity index is 1020. The van der Waals surface area contributed by atoms with Crippen LogP contribution in [0.25, 0.3) is 0 Å². The number of rotatable bonds is 4. The van der Waals surface area contributed by atoms with Crippen LogP contribution >= 0.6 is 0 Å². The zero-order chi connectivity index (χ0) is 20.7. The van der Waals surface area contributed by atoms with E-state index in [1.807, 2.05) is 58.9 Å². The highest BCUT2D eigenvalue weighted by Gasteiger charge is 2.32. The van der Waals surface area contributed by atoms with E-state index >= 15 is 0 Å². The molecular formula is C22H28N2O3S. The fourth-order valence-electron chi connectivity index (χ4n) is 3.43. The summed E-state index contributed by atoms with van der Waals surface area (Å²) in [5.74, 6) is -0.0379. The van der Waals surface area contributed by atoms with Gasteiger partial charge in [-0.3, -0.25) is 9.52 Å². The van der Waals surface area contributed by atoms with Gasteiger partial charge in [0.05, 0.1) is 11.4 Å². The maximum absolute atomic E-state index is 12.7. The molecule has 0 unspecified atom stereocenters. The van der Waals surface area contributed by atoms with E-state index in [1.54, 1.807) is 17.0 Å². The van der Waals surface area contributed by atoms with Crippen LogP contribution in [0.3, 0.4) is 0 Å². The Morgan fingerprint density at radius 2 is 1.82 bits per heavy atom. The lowest BCUT2D eigenvalue weighted by Gasteiger charge is -2.26. The van der Waals surface area contributed by atoms with Gasteiger partial charge in [-0.15, -0.1) is 0 Å². The number of benzene rings is 2. The number of fused-ring (bicyclic) bond motifs is 1. The van der Waals surface area contributed by atoms with E-state index in [2.05, 4.69) is 4.72 Å². The van der Waals surface area contributed by atoms with Crippen molar-refractivity contribution in [1.82, 2.24) is 0 Å². The number of amides is 1. The Kier molecular flexibility index (Phi) is 5.28. The SMILES string of the molecule is Cc1ccc(C)c(CS(=O)(=O)Nc2ccc3c(c2)N(C(=O)C(C)(C)C)CC3)c1. The standard InChI is InChI=1S/C22H28N2O3S/c1-15-6-7-16(2)18(12-15)14-28(26,27)23-19-9-8-17-10-11-24(20(17)13-19)21(25)22(3,4)5/h6-9,12-13,23H,10-11,14H2,1-5H3. The third-order valence-electron chi connectivity index (χ3n) is 4.99. The Morgan fingerprint density at radius 3 is 2.50 bits per heavy atom. The molecule has 0 atom stereocenters. The van der Waals surface area contributed by atoms with Crippen LogP contribution in [0.2, 0.25) is 0 Å². The molecule has 5 nitrogen and oxygen atoms in total. The van der Waals surface area contributed by atoms with Crippen LogP contribution in [0.4, 0.5) is 11.4 Å². The van der Waals surface area contributed by atoms with Crippen LogP contribution in [-0.2, 0) is 27.0 Å². The highest BCUT2D eigenvalue weighted by Crippen LogP contribution is 2.34. The Hall–Kier alpha value is -2.34. The quantitative estimate of drug-likeness (QED) is 0.837. The summed E-state index contributed by atoms with van der Waals surface area (Å²) < 4.78 is 28.1. The normalized spacial score (nSPS) is 14.1. The number of carbonyl (C=O) groups is 1. The largest absolute Gasteiger partial charge is 0.311 e. The van der Waals surface area contributed by atoms with Crippen molar-refractivity contribution < 1.29 is 13.2 Å². The molecule has 0 saturated carbocycles. The average Bonchev–Trinajstić information content (AvgIpc) is 2.99. The van der Waals surface area contributed by atoms with Gasteiger partial charge >= 0.3 is 0 Å². The van der Waals surface area contributed by atoms with Crippen LogP contribution < -0.4 is 9.62 Å². The number of sulfonamides is 1. The summed E-state index contributed by atoms with van der Waals surface area (Å²) in [4.78, 5) is 14.5. The van der Waals surface area contributed by atoms with Gasteiger partial charge in [-0.05, 0) is 49.1 Å². The van der Waals surface area contributed by atoms with Crippen LogP contribution in [0, 0.1) is 19.3 Å². The van der Waals surface area contributed by atoms with Crippen molar-refractivity contribution in [3.05, 3.63) is 58.7 Å². The molecule has 0 aromatic heterocycles. The van der Waals surface area contributed by atoms with Crippen LogP contribution in [0.1, 0.15) is 43.0 Å². The molecule has 6 heteroatoms. The first-order valence-electron chi connectivity index (χ1n) is 9.48. The first-order valence-corrected chi connectivity index (χ1v) is 11.1. The zero-order valence-corrected chi connectivity index (χ0v) is 18.0. The van der Waals surface area contributed by atoms with Crippen molar-refractivity contribution in [3.63, 3.8) is 0 Å². The van der Waals surface area contributed by atoms with Crippen molar-refractivity contribution >= 4 is 27.3 Å². The molecule has 28 heavy (non-hydrogen) atoms. The van der Waals surface area contributed by atoms with Gasteiger partial charge in [0.2, 0.25) is 15.9 Å². The lowest BCUT2D eigenvalue weighted by atomic mass is 9.94. The Balaban J connectivity index is 1.84. The van der Waals surface area contributed by atoms with Gasteiger partial charge in [0.15, 0.2) is 0 Å². The van der Waals surface area contributed by atoms with Gasteiger partial charge in [-0.25, -0.2) is 8.42 Å². The summed E-state index contributed by atoms with van der Waals surface area (Å²) in [7, 11) is -3.56. The fourth-order valence-corrected chi connectivity index (χ4v) is 4.71. The second-order valence-corrected chi connectivity index (χ2v) is 10.3. The molecule has 1 aliphatic rings. The number of nitrogens with zero attached hydrogens (tertiary/aromatic N) is 1. The molecule has 0 fully saturated rings. The molecule has 2 aromatic rings. The summed E-state index contributed by atoms with van der Waals surface area (Å²) in [5.41, 5.74) is 4.63. The molecule has 0 saturated heterocycles. The lowest BCUT2D eigenvalue weighted by molar-refractivity contribution is -0.125. The first-order chi connectivity index (χ1) is 13.0. The van der Waals surface area contributed by atoms with Crippen molar-refractivity contribution in [3.8, 4) is 0 Å². The number of carbonyl (C=O) groups excluding carboxylic acids is 1. The number of hydrogen-bond acceptors (Lipinski definition) is 3. The molecule has 3 rings (SSSR count). The van der Waals surface area contributed by atoms with E-state index in [4.69, 9.17) is 0 Å². The van der Waals surface area contributed by atoms with Gasteiger partial charge in [0.25, 0.3) is 0 Å². The third-order valence-corrected chi connectivity index (χ3v) is 6.23. The topological polar surface area (TPSA) is 66.5 Å². The molecule has 150 valence electrons. The second-order valence-electron chi connectivity index (χ2n) is 8.59. The molecule has 0 radical (unpaired) electrons. The smallest absolute Gasteiger partial charge is 0.236 e. The third kappa shape index (κ3) is 4.38. The second kappa shape index (κ2) is 7.24. The minimum atomic E-state index is -3.56. The Morgan fingerprint density at radius 1 is 1.11 bits per heavy atom. The lowest BCUT2D eigenvalue weighted by Crippen LogP contribution is -2.38. The van der Waals surface area contributed by atoms with Crippen molar-refractivity contribution in [1.29, 1.82) is 0 Å². The van der Waals surface area contributed by atoms with E-state index in [1.165, 1.54) is 0 Å². The maximum Gasteiger partial charge on any atom is 0.236 e. The molecular weight excluding hydrogens is 372 g/mol. The monoisotopic (exact) mass is 400 g/mol. The number of anilines is 2. The predicted octanol–water partition coefficient (Wildman–Crippen LogP) is 4.18. The number of aryl methyl sites for hydroxylation is 2. The van der Waals surface area contributed by atoms with Crippen molar-refractivity contribution in [2.75, 3.05) is 16.2 Å². The van der Waals surface area contributed by atoms with E-state index in [-0.39, 0.29) is 11.7 Å². The molecule has 1 heterocycles. The fraction of sp³-hybridized carbons (Fsp3) is 0.409. The van der Waals surface area contributed by atoms with Gasteiger partial charge < -0.3 is 4.90 Å². The number of hydrogen-bond donors (Lipinski definition) is 1. The average molecular weight is 401 g/mol. The molecule has 1 amide bonds. The van der Waals surface area contributed by atoms with Gasteiger partial charge in [-0.2, -0.15) is 0 Å². The summed E-state index contributed by atoms with van der Waals surface area (Å²) in [5, 5.41) is 0. The van der Waals surface area contributed by atoms with Gasteiger partial charge in [0.1, 0.15) is 0 Å². The van der Waals surface area contributed by atoms with E-state index in [0.717, 1.165) is 34.4 Å². The first kappa shape index (κ1) is 20.4. The molecule has 0 bridgehead atoms. The minimum Gasteiger partial charge on any atom is -0.311 e. The number of nitrogens with one attached hydrogen (secondary N) is 1. The molecule has 1 N–H and O–H groups in total. The summed E-state index contributed by atoms with van der Waals surface area (Å²) >= 11 is 0. The van der Waals surface area contributed by atoms with E-state index in [9.17, 15) is 13.2 Å². The molecule has 0 aliphatic carbocycles. The highest BCUT2D eigenvalue weighted by molar-refractivity contribution is 7.91. The van der Waals surface area contributed by atoms with E-state index < -0.39 is 15.4 Å². The van der Waals surface area contributed by atoms with Gasteiger partial charge in [-0.1, -0.05) is 50.6 Å². The van der Waals surface area contributed by atoms with Crippen LogP contribution in [0.15, 0.2) is 36.4 Å². The summed E-state index contributed by atoms with van der Waals surface area (Å²) in [6.07, 6.45) is 0.784. The van der Waals surface area contributed by atoms with Crippen LogP contribution in [0.5, 0.6) is 0 Å². The van der Waals surface area contributed by atoms with Gasteiger partial charge in [0, 0.05) is 17.6 Å². The summed E-state index contributed by atoms with van der Waals surface area (Å²) in [6.45, 7) is 10.2. The van der Waals surface area contributed by atoms with E-state index in [0.29, 0.717) is 12.2 Å². The molecule has 1 aliphatic heterocycles. The van der Waals surface area contributed by atoms with Crippen molar-refractivity contribution in [2.24, 2.45) is 5.41 Å². The highest BCUT2D eigenvalue weighted by atomic mass is 32.2. The predicted molar refractivity (Wildman–Crippen MR) is 114 cm³/mol. The summed E-state index contributed by atoms with van der Waals surface area (Å²) in [6, 6.07) is 11.3. The maximum atomic E-state index is 12.7. The Labute approximate surface area is 167 Å².